The molecule has 1 N–H and O–H groups in total. The topological polar surface area (TPSA) is 181 Å². The summed E-state index contributed by atoms with van der Waals surface area (Å²) in [5, 5.41) is 14.8. The van der Waals surface area contributed by atoms with Gasteiger partial charge in [-0.2, -0.15) is 0 Å². The summed E-state index contributed by atoms with van der Waals surface area (Å²) >= 11 is 0. The average molecular weight is 680 g/mol. The van der Waals surface area contributed by atoms with E-state index >= 15 is 0 Å². The summed E-state index contributed by atoms with van der Waals surface area (Å²) in [6, 6.07) is -0.991. The number of ether oxygens (including phenoxy) is 4. The Morgan fingerprint density at radius 3 is 2.31 bits per heavy atom. The fourth-order valence-corrected chi connectivity index (χ4v) is 7.98. The maximum absolute atomic E-state index is 14.2. The minimum absolute atomic E-state index is 0.102. The molecule has 3 aliphatic heterocycles. The van der Waals surface area contributed by atoms with Gasteiger partial charge in [0, 0.05) is 41.8 Å². The lowest BCUT2D eigenvalue weighted by Crippen LogP contribution is -2.58. The van der Waals surface area contributed by atoms with Crippen LogP contribution in [0.1, 0.15) is 87.5 Å². The van der Waals surface area contributed by atoms with Crippen LogP contribution < -0.4 is 0 Å². The van der Waals surface area contributed by atoms with E-state index in [1.807, 2.05) is 39.8 Å². The number of azide groups is 1. The van der Waals surface area contributed by atoms with Crippen molar-refractivity contribution in [1.82, 2.24) is 9.80 Å². The smallest absolute Gasteiger partial charge is 0.410 e. The Morgan fingerprint density at radius 2 is 1.71 bits per heavy atom. The number of likely N-dealkylation sites (N-methyl/N-ethyl adjacent to an activating group) is 1. The molecule has 1 amide bonds. The first kappa shape index (κ1) is 39.7. The summed E-state index contributed by atoms with van der Waals surface area (Å²) in [6.07, 6.45) is -2.29. The SMILES string of the molecule is CC[C@H]1OC(=O)[C@H](C)C(=O)[C@H](C)[C@@H](O[C@@H]2O[C@H](C)C[C@H](N(C)C)[C@H]2O)[C@@H](C)C[C@@H](C)C(=O)[C@H](C)[C@H]2N(CCCCN=[N+]=[N-])C(=O)O[C@]12C. The Balaban J connectivity index is 2.02. The van der Waals surface area contributed by atoms with Gasteiger partial charge in [-0.05, 0) is 78.4 Å². The van der Waals surface area contributed by atoms with Crippen molar-refractivity contribution >= 4 is 23.6 Å². The van der Waals surface area contributed by atoms with Crippen molar-refractivity contribution in [3.8, 4) is 0 Å². The number of nitrogens with zero attached hydrogens (tertiary/aromatic N) is 5. The molecule has 3 rings (SSSR count). The van der Waals surface area contributed by atoms with Gasteiger partial charge in [0.15, 0.2) is 17.7 Å². The number of carbonyl (C=O) groups is 4. The fourth-order valence-electron chi connectivity index (χ4n) is 7.98. The summed E-state index contributed by atoms with van der Waals surface area (Å²) in [7, 11) is 3.76. The molecule has 0 aliphatic carbocycles. The van der Waals surface area contributed by atoms with E-state index < -0.39 is 77.8 Å². The third kappa shape index (κ3) is 8.50. The summed E-state index contributed by atoms with van der Waals surface area (Å²) < 4.78 is 24.5. The number of aliphatic hydroxyl groups is 1. The van der Waals surface area contributed by atoms with Gasteiger partial charge >= 0.3 is 12.1 Å². The zero-order valence-corrected chi connectivity index (χ0v) is 30.3. The maximum Gasteiger partial charge on any atom is 0.410 e. The lowest BCUT2D eigenvalue weighted by atomic mass is 9.74. The Morgan fingerprint density at radius 1 is 1.04 bits per heavy atom. The third-order valence-electron chi connectivity index (χ3n) is 10.7. The minimum Gasteiger partial charge on any atom is -0.458 e. The van der Waals surface area contributed by atoms with Crippen LogP contribution in [0.15, 0.2) is 5.11 Å². The number of esters is 1. The molecule has 14 nitrogen and oxygen atoms in total. The van der Waals surface area contributed by atoms with Crippen molar-refractivity contribution in [2.75, 3.05) is 27.2 Å². The summed E-state index contributed by atoms with van der Waals surface area (Å²) in [5.41, 5.74) is 7.26. The molecule has 14 heteroatoms. The van der Waals surface area contributed by atoms with Crippen molar-refractivity contribution in [1.29, 1.82) is 0 Å². The van der Waals surface area contributed by atoms with Gasteiger partial charge in [-0.15, -0.1) is 0 Å². The van der Waals surface area contributed by atoms with Gasteiger partial charge in [0.25, 0.3) is 0 Å². The lowest BCUT2D eigenvalue weighted by molar-refractivity contribution is -0.278. The van der Waals surface area contributed by atoms with Crippen molar-refractivity contribution in [3.63, 3.8) is 0 Å². The molecule has 3 aliphatic rings. The Bertz CT molecular complexity index is 1210. The molecular formula is C34H57N5O9. The second kappa shape index (κ2) is 16.8. The van der Waals surface area contributed by atoms with Gasteiger partial charge in [0.2, 0.25) is 0 Å². The zero-order chi connectivity index (χ0) is 36.1. The van der Waals surface area contributed by atoms with Crippen molar-refractivity contribution < 1.29 is 43.2 Å². The fraction of sp³-hybridized carbons (Fsp3) is 0.882. The number of fused-ring (bicyclic) bond motifs is 1. The number of Topliss-reactive ketones (excluding diaryl/α,β-unsaturated/α-hetero) is 2. The van der Waals surface area contributed by atoms with Crippen LogP contribution in [0, 0.1) is 29.6 Å². The molecule has 48 heavy (non-hydrogen) atoms. The molecule has 0 spiro atoms. The predicted molar refractivity (Wildman–Crippen MR) is 177 cm³/mol. The van der Waals surface area contributed by atoms with E-state index in [0.29, 0.717) is 25.7 Å². The number of rotatable bonds is 9. The van der Waals surface area contributed by atoms with E-state index in [0.717, 1.165) is 0 Å². The molecule has 0 unspecified atom stereocenters. The van der Waals surface area contributed by atoms with Gasteiger partial charge in [-0.3, -0.25) is 14.4 Å². The Kier molecular flexibility index (Phi) is 13.8. The first-order valence-corrected chi connectivity index (χ1v) is 17.4. The molecule has 0 bridgehead atoms. The van der Waals surface area contributed by atoms with Crippen LogP contribution in [0.5, 0.6) is 0 Å². The van der Waals surface area contributed by atoms with E-state index in [2.05, 4.69) is 10.0 Å². The van der Waals surface area contributed by atoms with E-state index in [1.165, 1.54) is 11.8 Å². The number of hydrogen-bond donors (Lipinski definition) is 1. The second-order valence-corrected chi connectivity index (χ2v) is 14.6. The van der Waals surface area contributed by atoms with Crippen LogP contribution in [0.3, 0.4) is 0 Å². The van der Waals surface area contributed by atoms with Gasteiger partial charge in [-0.1, -0.05) is 39.7 Å². The van der Waals surface area contributed by atoms with Crippen LogP contribution in [0.2, 0.25) is 0 Å². The molecule has 0 aromatic rings. The molecule has 0 aromatic carbocycles. The number of ketones is 2. The maximum atomic E-state index is 14.2. The van der Waals surface area contributed by atoms with Gasteiger partial charge in [0.1, 0.15) is 23.9 Å². The van der Waals surface area contributed by atoms with Crippen molar-refractivity contribution in [2.45, 2.75) is 136 Å². The molecule has 0 aromatic heterocycles. The Labute approximate surface area is 284 Å². The second-order valence-electron chi connectivity index (χ2n) is 14.6. The van der Waals surface area contributed by atoms with Crippen LogP contribution in [0.25, 0.3) is 10.4 Å². The number of carbonyl (C=O) groups excluding carboxylic acids is 4. The van der Waals surface area contributed by atoms with Gasteiger partial charge in [0.05, 0.1) is 18.2 Å². The number of hydrogen-bond acceptors (Lipinski definition) is 11. The lowest BCUT2D eigenvalue weighted by Gasteiger charge is -2.44. The zero-order valence-electron chi connectivity index (χ0n) is 30.3. The average Bonchev–Trinajstić information content (AvgIpc) is 3.30. The van der Waals surface area contributed by atoms with Crippen LogP contribution in [-0.2, 0) is 33.3 Å². The van der Waals surface area contributed by atoms with Crippen LogP contribution >= 0.6 is 0 Å². The quantitative estimate of drug-likeness (QED) is 0.0909. The largest absolute Gasteiger partial charge is 0.458 e. The van der Waals surface area contributed by atoms with Crippen LogP contribution in [0.4, 0.5) is 4.79 Å². The first-order chi connectivity index (χ1) is 22.5. The monoisotopic (exact) mass is 679 g/mol. The molecule has 0 radical (unpaired) electrons. The third-order valence-corrected chi connectivity index (χ3v) is 10.7. The molecule has 3 heterocycles. The number of aliphatic hydroxyl groups excluding tert-OH is 1. The Hall–Kier alpha value is -2.77. The highest BCUT2D eigenvalue weighted by molar-refractivity contribution is 6.00. The molecule has 0 saturated carbocycles. The highest BCUT2D eigenvalue weighted by Crippen LogP contribution is 2.42. The molecule has 272 valence electrons. The first-order valence-electron chi connectivity index (χ1n) is 17.4. The standard InChI is InChI=1S/C34H57N5O9/c1-11-25-34(8)30(39(33(44)48-34)15-13-12-14-36-37-35)22(6)26(40)18(2)16-19(3)29(21(5)27(41)23(7)31(43)46-25)47-32-28(42)24(38(9)10)17-20(4)45-32/h18-25,28-30,32,42H,11-17H2,1-10H3/t18-,19+,20-,21+,22+,23-,24+,25-,28-,29+,30-,32+,34-/m1/s1. The highest BCUT2D eigenvalue weighted by atomic mass is 16.7. The normalized spacial score (nSPS) is 40.1. The van der Waals surface area contributed by atoms with Gasteiger partial charge < -0.3 is 33.9 Å². The van der Waals surface area contributed by atoms with E-state index in [-0.39, 0.29) is 43.4 Å². The summed E-state index contributed by atoms with van der Waals surface area (Å²) in [6.45, 7) is 14.6. The van der Waals surface area contributed by atoms with E-state index in [4.69, 9.17) is 24.5 Å². The predicted octanol–water partition coefficient (Wildman–Crippen LogP) is 4.51. The highest BCUT2D eigenvalue weighted by Gasteiger charge is 2.59. The molecular weight excluding hydrogens is 622 g/mol. The van der Waals surface area contributed by atoms with E-state index in [1.54, 1.807) is 27.7 Å². The van der Waals surface area contributed by atoms with Crippen molar-refractivity contribution in [2.24, 2.45) is 34.7 Å². The minimum atomic E-state index is -1.37. The van der Waals surface area contributed by atoms with Crippen molar-refractivity contribution in [3.05, 3.63) is 10.4 Å². The molecule has 3 fully saturated rings. The molecule has 3 saturated heterocycles. The molecule has 13 atom stereocenters. The number of amides is 1. The van der Waals surface area contributed by atoms with Crippen LogP contribution in [-0.4, -0.2) is 114 Å². The number of unbranched alkanes of at least 4 members (excludes halogenated alkanes) is 1. The van der Waals surface area contributed by atoms with Gasteiger partial charge in [-0.25, -0.2) is 4.79 Å². The summed E-state index contributed by atoms with van der Waals surface area (Å²) in [5.74, 6) is -4.77. The summed E-state index contributed by atoms with van der Waals surface area (Å²) in [4.78, 5) is 61.5. The number of cyclic esters (lactones) is 1. The van der Waals surface area contributed by atoms with E-state index in [9.17, 15) is 24.3 Å².